The molecule has 0 unspecified atom stereocenters. The molecule has 0 saturated heterocycles. The summed E-state index contributed by atoms with van der Waals surface area (Å²) in [5.74, 6) is 1.94. The molecule has 3 atom stereocenters. The summed E-state index contributed by atoms with van der Waals surface area (Å²) >= 11 is 0. The first-order chi connectivity index (χ1) is 13.1. The van der Waals surface area contributed by atoms with Crippen LogP contribution < -0.4 is 10.9 Å². The molecule has 2 heterocycles. The second kappa shape index (κ2) is 6.50. The van der Waals surface area contributed by atoms with Crippen LogP contribution >= 0.6 is 0 Å². The molecule has 2 N–H and O–H groups in total. The first kappa shape index (κ1) is 17.0. The second-order valence-electron chi connectivity index (χ2n) is 8.86. The number of hydrogen-bond acceptors (Lipinski definition) is 3. The van der Waals surface area contributed by atoms with Gasteiger partial charge >= 0.3 is 0 Å². The molecule has 6 heteroatoms. The molecule has 2 aromatic heterocycles. The van der Waals surface area contributed by atoms with E-state index in [1.165, 1.54) is 32.1 Å². The highest BCUT2D eigenvalue weighted by Crippen LogP contribution is 2.41. The fourth-order valence-electron chi connectivity index (χ4n) is 5.31. The number of pyridine rings is 1. The average molecular weight is 368 g/mol. The summed E-state index contributed by atoms with van der Waals surface area (Å²) in [7, 11) is 1.78. The lowest BCUT2D eigenvalue weighted by Crippen LogP contribution is -2.41. The molecular formula is C21H28N4O2. The number of nitrogens with one attached hydrogen (secondary N) is 2. The third-order valence-corrected chi connectivity index (χ3v) is 6.95. The number of carbonyl (C=O) groups excluding carboxylic acids is 1. The van der Waals surface area contributed by atoms with Gasteiger partial charge in [0, 0.05) is 24.7 Å². The van der Waals surface area contributed by atoms with Crippen molar-refractivity contribution in [1.82, 2.24) is 20.1 Å². The molecule has 144 valence electrons. The van der Waals surface area contributed by atoms with Crippen molar-refractivity contribution in [3.05, 3.63) is 27.7 Å². The van der Waals surface area contributed by atoms with E-state index in [9.17, 15) is 9.59 Å². The van der Waals surface area contributed by atoms with Crippen LogP contribution in [0.5, 0.6) is 0 Å². The van der Waals surface area contributed by atoms with Crippen LogP contribution in [0.15, 0.2) is 10.9 Å². The van der Waals surface area contributed by atoms with E-state index >= 15 is 0 Å². The average Bonchev–Trinajstić information content (AvgIpc) is 3.48. The van der Waals surface area contributed by atoms with E-state index in [0.29, 0.717) is 22.5 Å². The molecule has 0 aliphatic heterocycles. The lowest BCUT2D eigenvalue weighted by Gasteiger charge is -2.39. The number of aromatic nitrogens is 3. The third kappa shape index (κ3) is 3.09. The van der Waals surface area contributed by atoms with Crippen LogP contribution in [0.3, 0.4) is 0 Å². The Bertz CT molecular complexity index is 940. The van der Waals surface area contributed by atoms with Crippen LogP contribution in [0.25, 0.3) is 11.0 Å². The Hall–Kier alpha value is -2.11. The van der Waals surface area contributed by atoms with Gasteiger partial charge in [0.1, 0.15) is 0 Å². The minimum Gasteiger partial charge on any atom is -0.349 e. The highest BCUT2D eigenvalue weighted by atomic mass is 16.2. The maximum atomic E-state index is 13.1. The van der Waals surface area contributed by atoms with Crippen molar-refractivity contribution in [3.63, 3.8) is 0 Å². The van der Waals surface area contributed by atoms with Crippen molar-refractivity contribution in [3.8, 4) is 0 Å². The molecule has 3 fully saturated rings. The van der Waals surface area contributed by atoms with E-state index in [2.05, 4.69) is 15.4 Å². The van der Waals surface area contributed by atoms with Crippen molar-refractivity contribution >= 4 is 16.9 Å². The van der Waals surface area contributed by atoms with Gasteiger partial charge in [-0.1, -0.05) is 25.7 Å². The zero-order valence-corrected chi connectivity index (χ0v) is 16.0. The summed E-state index contributed by atoms with van der Waals surface area (Å²) in [5.41, 5.74) is 1.79. The number of fused-ring (bicyclic) bond motifs is 2. The van der Waals surface area contributed by atoms with Crippen molar-refractivity contribution in [2.75, 3.05) is 0 Å². The van der Waals surface area contributed by atoms with Gasteiger partial charge in [0.05, 0.1) is 10.9 Å². The molecule has 0 bridgehead atoms. The van der Waals surface area contributed by atoms with E-state index in [0.717, 1.165) is 43.2 Å². The molecular weight excluding hydrogens is 340 g/mol. The maximum Gasteiger partial charge on any atom is 0.274 e. The number of amides is 1. The van der Waals surface area contributed by atoms with Crippen LogP contribution in [0.1, 0.15) is 79.8 Å². The highest BCUT2D eigenvalue weighted by Gasteiger charge is 2.34. The number of aryl methyl sites for hydroxylation is 1. The van der Waals surface area contributed by atoms with Crippen LogP contribution in [0.2, 0.25) is 0 Å². The van der Waals surface area contributed by atoms with Crippen LogP contribution in [-0.4, -0.2) is 26.7 Å². The van der Waals surface area contributed by atoms with E-state index in [1.807, 2.05) is 6.07 Å². The van der Waals surface area contributed by atoms with Crippen molar-refractivity contribution in [2.24, 2.45) is 18.9 Å². The quantitative estimate of drug-likeness (QED) is 0.873. The van der Waals surface area contributed by atoms with Crippen molar-refractivity contribution in [1.29, 1.82) is 0 Å². The standard InChI is InChI=1S/C21H28N4O2/c1-25-19-18(21(27)24-25)16(11-17(23-19)13-6-7-13)20(26)22-15-9-8-12-4-2-3-5-14(12)10-15/h11-15H,2-10H2,1H3,(H,22,26)(H,24,27)/t12-,14+,15-/m1/s1. The number of carbonyl (C=O) groups is 1. The minimum absolute atomic E-state index is 0.111. The van der Waals surface area contributed by atoms with Gasteiger partial charge in [-0.3, -0.25) is 19.4 Å². The summed E-state index contributed by atoms with van der Waals surface area (Å²) in [4.78, 5) is 30.2. The van der Waals surface area contributed by atoms with E-state index in [1.54, 1.807) is 11.7 Å². The zero-order valence-electron chi connectivity index (χ0n) is 16.0. The fourth-order valence-corrected chi connectivity index (χ4v) is 5.31. The molecule has 6 nitrogen and oxygen atoms in total. The van der Waals surface area contributed by atoms with Crippen LogP contribution in [0, 0.1) is 11.8 Å². The Kier molecular flexibility index (Phi) is 4.10. The Morgan fingerprint density at radius 2 is 1.93 bits per heavy atom. The normalized spacial score (nSPS) is 28.1. The van der Waals surface area contributed by atoms with Crippen LogP contribution in [-0.2, 0) is 7.05 Å². The number of H-pyrrole nitrogens is 1. The smallest absolute Gasteiger partial charge is 0.274 e. The van der Waals surface area contributed by atoms with E-state index in [4.69, 9.17) is 0 Å². The first-order valence-electron chi connectivity index (χ1n) is 10.5. The fraction of sp³-hybridized carbons (Fsp3) is 0.667. The van der Waals surface area contributed by atoms with Gasteiger partial charge in [0.25, 0.3) is 11.5 Å². The van der Waals surface area contributed by atoms with Gasteiger partial charge in [0.2, 0.25) is 0 Å². The van der Waals surface area contributed by atoms with Crippen LogP contribution in [0.4, 0.5) is 0 Å². The van der Waals surface area contributed by atoms with Crippen molar-refractivity contribution < 1.29 is 4.79 Å². The maximum absolute atomic E-state index is 13.1. The van der Waals surface area contributed by atoms with Gasteiger partial charge in [0.15, 0.2) is 5.65 Å². The summed E-state index contributed by atoms with van der Waals surface area (Å²) < 4.78 is 1.63. The Labute approximate surface area is 158 Å². The number of aromatic amines is 1. The summed E-state index contributed by atoms with van der Waals surface area (Å²) in [6.45, 7) is 0. The first-order valence-corrected chi connectivity index (χ1v) is 10.5. The molecule has 0 spiro atoms. The second-order valence-corrected chi connectivity index (χ2v) is 8.86. The molecule has 3 aliphatic rings. The SMILES string of the molecule is Cn1[nH]c(=O)c2c(C(=O)N[C@@H]3CC[C@H]4CCCC[C@H]4C3)cc(C3CC3)nc21. The van der Waals surface area contributed by atoms with Gasteiger partial charge < -0.3 is 5.32 Å². The summed E-state index contributed by atoms with van der Waals surface area (Å²) in [5, 5.41) is 6.43. The molecule has 27 heavy (non-hydrogen) atoms. The van der Waals surface area contributed by atoms with Gasteiger partial charge in [-0.15, -0.1) is 0 Å². The Balaban J connectivity index is 1.42. The van der Waals surface area contributed by atoms with Gasteiger partial charge in [-0.05, 0) is 50.0 Å². The molecule has 2 aromatic rings. The number of rotatable bonds is 3. The zero-order chi connectivity index (χ0) is 18.5. The monoisotopic (exact) mass is 368 g/mol. The summed E-state index contributed by atoms with van der Waals surface area (Å²) in [6.07, 6.45) is 11.0. The molecule has 3 saturated carbocycles. The minimum atomic E-state index is -0.233. The largest absolute Gasteiger partial charge is 0.349 e. The lowest BCUT2D eigenvalue weighted by atomic mass is 9.69. The van der Waals surface area contributed by atoms with Gasteiger partial charge in [-0.2, -0.15) is 0 Å². The van der Waals surface area contributed by atoms with Crippen molar-refractivity contribution in [2.45, 2.75) is 69.7 Å². The Morgan fingerprint density at radius 1 is 1.15 bits per heavy atom. The third-order valence-electron chi connectivity index (χ3n) is 6.95. The number of nitrogens with zero attached hydrogens (tertiary/aromatic N) is 2. The Morgan fingerprint density at radius 3 is 2.70 bits per heavy atom. The molecule has 5 rings (SSSR count). The predicted molar refractivity (Wildman–Crippen MR) is 104 cm³/mol. The predicted octanol–water partition coefficient (Wildman–Crippen LogP) is 3.23. The van der Waals surface area contributed by atoms with Gasteiger partial charge in [-0.25, -0.2) is 4.98 Å². The molecule has 1 amide bonds. The molecule has 0 radical (unpaired) electrons. The lowest BCUT2D eigenvalue weighted by molar-refractivity contribution is 0.0880. The highest BCUT2D eigenvalue weighted by molar-refractivity contribution is 6.05. The molecule has 0 aromatic carbocycles. The van der Waals surface area contributed by atoms with E-state index < -0.39 is 0 Å². The molecule has 3 aliphatic carbocycles. The summed E-state index contributed by atoms with van der Waals surface area (Å²) in [6, 6.07) is 2.09. The topological polar surface area (TPSA) is 79.8 Å². The van der Waals surface area contributed by atoms with E-state index in [-0.39, 0.29) is 17.5 Å². The number of hydrogen-bond donors (Lipinski definition) is 2.